The molecule has 0 spiro atoms. The van der Waals surface area contributed by atoms with Gasteiger partial charge in [0.2, 0.25) is 0 Å². The third-order valence-electron chi connectivity index (χ3n) is 2.31. The number of aliphatic hydroxyl groups excluding tert-OH is 1. The number of pyridine rings is 1. The first-order valence-electron chi connectivity index (χ1n) is 5.46. The van der Waals surface area contributed by atoms with Crippen LogP contribution in [0.2, 0.25) is 0 Å². The van der Waals surface area contributed by atoms with Crippen molar-refractivity contribution >= 4 is 44.5 Å². The lowest BCUT2D eigenvalue weighted by molar-refractivity contribution is 0.292. The predicted octanol–water partition coefficient (Wildman–Crippen LogP) is 2.30. The predicted molar refractivity (Wildman–Crippen MR) is 77.0 cm³/mol. The minimum Gasteiger partial charge on any atom is -0.396 e. The molecule has 0 saturated carbocycles. The number of aliphatic hydroxyl groups is 1. The van der Waals surface area contributed by atoms with Gasteiger partial charge in [-0.2, -0.15) is 0 Å². The molecule has 18 heavy (non-hydrogen) atoms. The van der Waals surface area contributed by atoms with Crippen LogP contribution in [0.3, 0.4) is 0 Å². The molecule has 7 heteroatoms. The molecule has 0 aliphatic rings. The first-order valence-corrected chi connectivity index (χ1v) is 7.48. The number of hydrogen-bond donors (Lipinski definition) is 2. The van der Waals surface area contributed by atoms with Crippen molar-refractivity contribution in [2.75, 3.05) is 24.7 Å². The Morgan fingerprint density at radius 2 is 2.28 bits per heavy atom. The van der Waals surface area contributed by atoms with Crippen molar-refractivity contribution in [1.29, 1.82) is 0 Å². The number of fused-ring (bicyclic) bond motifs is 1. The van der Waals surface area contributed by atoms with Gasteiger partial charge < -0.3 is 10.4 Å². The average molecular weight is 329 g/mol. The molecule has 2 N–H and O–H groups in total. The number of rotatable bonds is 5. The number of nitrogens with zero attached hydrogens (tertiary/aromatic N) is 3. The van der Waals surface area contributed by atoms with Gasteiger partial charge >= 0.3 is 0 Å². The van der Waals surface area contributed by atoms with Gasteiger partial charge in [0.1, 0.15) is 5.82 Å². The summed E-state index contributed by atoms with van der Waals surface area (Å²) in [7, 11) is 0. The Bertz CT molecular complexity index is 552. The van der Waals surface area contributed by atoms with E-state index in [1.807, 2.05) is 12.3 Å². The molecule has 0 aliphatic carbocycles. The summed E-state index contributed by atoms with van der Waals surface area (Å²) < 4.78 is 0.869. The Balaban J connectivity index is 2.32. The quantitative estimate of drug-likeness (QED) is 0.498. The summed E-state index contributed by atoms with van der Waals surface area (Å²) in [5.74, 6) is 0.738. The van der Waals surface area contributed by atoms with Crippen LogP contribution in [0.4, 0.5) is 5.82 Å². The first-order chi connectivity index (χ1) is 8.74. The smallest absolute Gasteiger partial charge is 0.189 e. The van der Waals surface area contributed by atoms with Gasteiger partial charge in [-0.25, -0.2) is 15.0 Å². The largest absolute Gasteiger partial charge is 0.396 e. The highest BCUT2D eigenvalue weighted by Crippen LogP contribution is 2.24. The molecule has 0 atom stereocenters. The maximum Gasteiger partial charge on any atom is 0.189 e. The van der Waals surface area contributed by atoms with Crippen molar-refractivity contribution in [3.8, 4) is 0 Å². The molecule has 2 heterocycles. The van der Waals surface area contributed by atoms with E-state index in [-0.39, 0.29) is 6.61 Å². The summed E-state index contributed by atoms with van der Waals surface area (Å²) >= 11 is 4.94. The van der Waals surface area contributed by atoms with Crippen molar-refractivity contribution in [2.45, 2.75) is 11.6 Å². The Hall–Kier alpha value is -0.920. The zero-order valence-corrected chi connectivity index (χ0v) is 12.3. The van der Waals surface area contributed by atoms with Crippen LogP contribution in [0.15, 0.2) is 21.9 Å². The van der Waals surface area contributed by atoms with E-state index in [1.165, 1.54) is 11.8 Å². The van der Waals surface area contributed by atoms with Crippen LogP contribution < -0.4 is 5.32 Å². The molecule has 0 unspecified atom stereocenters. The monoisotopic (exact) mass is 328 g/mol. The van der Waals surface area contributed by atoms with Crippen molar-refractivity contribution in [3.05, 3.63) is 16.7 Å². The van der Waals surface area contributed by atoms with Crippen molar-refractivity contribution in [1.82, 2.24) is 15.0 Å². The number of hydrogen-bond acceptors (Lipinski definition) is 6. The fraction of sp³-hybridized carbons (Fsp3) is 0.364. The summed E-state index contributed by atoms with van der Waals surface area (Å²) in [6.07, 6.45) is 4.38. The number of halogens is 1. The topological polar surface area (TPSA) is 70.9 Å². The Labute approximate surface area is 118 Å². The number of thioether (sulfide) groups is 1. The summed E-state index contributed by atoms with van der Waals surface area (Å²) in [5, 5.41) is 13.5. The second-order valence-electron chi connectivity index (χ2n) is 3.59. The van der Waals surface area contributed by atoms with Crippen LogP contribution in [0.1, 0.15) is 6.42 Å². The molecule has 0 bridgehead atoms. The Morgan fingerprint density at radius 1 is 1.44 bits per heavy atom. The third kappa shape index (κ3) is 3.09. The van der Waals surface area contributed by atoms with E-state index in [2.05, 4.69) is 36.2 Å². The van der Waals surface area contributed by atoms with E-state index in [1.54, 1.807) is 6.20 Å². The van der Waals surface area contributed by atoms with Crippen molar-refractivity contribution in [3.63, 3.8) is 0 Å². The summed E-state index contributed by atoms with van der Waals surface area (Å²) in [6.45, 7) is 0.838. The van der Waals surface area contributed by atoms with Crippen LogP contribution in [0.25, 0.3) is 11.0 Å². The highest BCUT2D eigenvalue weighted by Gasteiger charge is 2.06. The molecular weight excluding hydrogens is 316 g/mol. The van der Waals surface area contributed by atoms with E-state index >= 15 is 0 Å². The second kappa shape index (κ2) is 6.31. The molecule has 96 valence electrons. The molecule has 0 fully saturated rings. The van der Waals surface area contributed by atoms with E-state index in [4.69, 9.17) is 5.11 Å². The van der Waals surface area contributed by atoms with Gasteiger partial charge in [-0.3, -0.25) is 0 Å². The zero-order valence-electron chi connectivity index (χ0n) is 9.85. The summed E-state index contributed by atoms with van der Waals surface area (Å²) in [6, 6.07) is 1.94. The minimum atomic E-state index is 0.164. The van der Waals surface area contributed by atoms with Crippen LogP contribution in [0, 0.1) is 0 Å². The van der Waals surface area contributed by atoms with Gasteiger partial charge in [0, 0.05) is 24.7 Å². The summed E-state index contributed by atoms with van der Waals surface area (Å²) in [5.41, 5.74) is 0.670. The molecule has 0 saturated heterocycles. The highest BCUT2D eigenvalue weighted by atomic mass is 79.9. The lowest BCUT2D eigenvalue weighted by Crippen LogP contribution is -2.06. The van der Waals surface area contributed by atoms with Crippen molar-refractivity contribution in [2.24, 2.45) is 0 Å². The SMILES string of the molecule is CSc1ncc2cc(Br)c(NCCCO)nc2n1. The maximum atomic E-state index is 8.76. The number of nitrogens with one attached hydrogen (secondary N) is 1. The fourth-order valence-electron chi connectivity index (χ4n) is 1.43. The molecule has 0 aliphatic heterocycles. The van der Waals surface area contributed by atoms with Crippen molar-refractivity contribution < 1.29 is 5.11 Å². The third-order valence-corrected chi connectivity index (χ3v) is 3.48. The highest BCUT2D eigenvalue weighted by molar-refractivity contribution is 9.10. The molecule has 0 amide bonds. The van der Waals surface area contributed by atoms with Gasteiger partial charge in [0.05, 0.1) is 4.47 Å². The van der Waals surface area contributed by atoms with E-state index in [0.29, 0.717) is 23.8 Å². The zero-order chi connectivity index (χ0) is 13.0. The molecule has 2 aromatic heterocycles. The average Bonchev–Trinajstić information content (AvgIpc) is 2.39. The van der Waals surface area contributed by atoms with Gasteiger partial charge in [0.15, 0.2) is 10.8 Å². The van der Waals surface area contributed by atoms with Crippen LogP contribution >= 0.6 is 27.7 Å². The number of anilines is 1. The number of aromatic nitrogens is 3. The molecule has 5 nitrogen and oxygen atoms in total. The normalized spacial score (nSPS) is 10.8. The van der Waals surface area contributed by atoms with E-state index in [9.17, 15) is 0 Å². The lowest BCUT2D eigenvalue weighted by atomic mass is 10.3. The fourth-order valence-corrected chi connectivity index (χ4v) is 2.24. The second-order valence-corrected chi connectivity index (χ2v) is 5.22. The molecule has 2 aromatic rings. The van der Waals surface area contributed by atoms with Crippen LogP contribution in [0.5, 0.6) is 0 Å². The summed E-state index contributed by atoms with van der Waals surface area (Å²) in [4.78, 5) is 13.0. The lowest BCUT2D eigenvalue weighted by Gasteiger charge is -2.08. The minimum absolute atomic E-state index is 0.164. The maximum absolute atomic E-state index is 8.76. The molecular formula is C11H13BrN4OS. The van der Waals surface area contributed by atoms with Gasteiger partial charge in [-0.1, -0.05) is 11.8 Å². The van der Waals surface area contributed by atoms with Gasteiger partial charge in [-0.15, -0.1) is 0 Å². The Morgan fingerprint density at radius 3 is 3.00 bits per heavy atom. The first kappa shape index (κ1) is 13.5. The van der Waals surface area contributed by atoms with Gasteiger partial charge in [0.25, 0.3) is 0 Å². The molecule has 2 rings (SSSR count). The van der Waals surface area contributed by atoms with Gasteiger partial charge in [-0.05, 0) is 34.7 Å². The van der Waals surface area contributed by atoms with E-state index in [0.717, 1.165) is 15.7 Å². The Kier molecular flexibility index (Phi) is 4.73. The standard InChI is InChI=1S/C11H13BrN4OS/c1-18-11-14-6-7-5-8(12)10(13-3-2-4-17)15-9(7)16-11/h5-6,17H,2-4H2,1H3,(H,13,14,15,16). The van der Waals surface area contributed by atoms with Crippen LogP contribution in [-0.2, 0) is 0 Å². The molecule has 0 aromatic carbocycles. The molecule has 0 radical (unpaired) electrons. The van der Waals surface area contributed by atoms with E-state index < -0.39 is 0 Å². The van der Waals surface area contributed by atoms with Crippen LogP contribution in [-0.4, -0.2) is 39.5 Å².